The maximum atomic E-state index is 12.2. The highest BCUT2D eigenvalue weighted by molar-refractivity contribution is 5.96. The maximum Gasteiger partial charge on any atom is 0.299 e. The number of nitrogens with zero attached hydrogens (tertiary/aromatic N) is 2. The standard InChI is InChI=1S/C16H15N3O7/c1-10(26-13-6-4-12(25-2)5-7-13)16(20)17-14-8-3-11(18(21)22)9-15(14)19(23)24/h3-10H,1-2H3,(H,17,20). The number of methoxy groups -OCH3 is 1. The molecule has 2 aromatic rings. The van der Waals surface area contributed by atoms with Crippen molar-refractivity contribution in [3.8, 4) is 11.5 Å². The lowest BCUT2D eigenvalue weighted by molar-refractivity contribution is -0.393. The molecule has 0 heterocycles. The Morgan fingerprint density at radius 3 is 2.19 bits per heavy atom. The Hall–Kier alpha value is -3.69. The number of non-ortho nitro benzene ring substituents is 1. The molecule has 0 spiro atoms. The number of nitro groups is 2. The Bertz CT molecular complexity index is 836. The molecule has 2 rings (SSSR count). The Balaban J connectivity index is 2.12. The van der Waals surface area contributed by atoms with E-state index in [4.69, 9.17) is 9.47 Å². The predicted molar refractivity (Wildman–Crippen MR) is 91.5 cm³/mol. The van der Waals surface area contributed by atoms with Crippen LogP contribution in [0, 0.1) is 20.2 Å². The number of hydrogen-bond donors (Lipinski definition) is 1. The molecule has 26 heavy (non-hydrogen) atoms. The SMILES string of the molecule is COc1ccc(OC(C)C(=O)Nc2ccc([N+](=O)[O-])cc2[N+](=O)[O-])cc1. The largest absolute Gasteiger partial charge is 0.497 e. The lowest BCUT2D eigenvalue weighted by atomic mass is 10.2. The molecule has 0 aromatic heterocycles. The molecule has 0 saturated carbocycles. The average Bonchev–Trinajstić information content (AvgIpc) is 2.62. The van der Waals surface area contributed by atoms with Gasteiger partial charge < -0.3 is 14.8 Å². The highest BCUT2D eigenvalue weighted by atomic mass is 16.6. The molecule has 136 valence electrons. The molecule has 10 nitrogen and oxygen atoms in total. The van der Waals surface area contributed by atoms with Crippen molar-refractivity contribution in [3.05, 3.63) is 62.7 Å². The summed E-state index contributed by atoms with van der Waals surface area (Å²) in [6.07, 6.45) is -0.960. The summed E-state index contributed by atoms with van der Waals surface area (Å²) in [6.45, 7) is 1.47. The van der Waals surface area contributed by atoms with Crippen molar-refractivity contribution in [1.82, 2.24) is 0 Å². The van der Waals surface area contributed by atoms with E-state index in [9.17, 15) is 25.0 Å². The third-order valence-electron chi connectivity index (χ3n) is 3.39. The Morgan fingerprint density at radius 1 is 1.04 bits per heavy atom. The van der Waals surface area contributed by atoms with Crippen LogP contribution in [0.4, 0.5) is 17.1 Å². The highest BCUT2D eigenvalue weighted by Crippen LogP contribution is 2.29. The van der Waals surface area contributed by atoms with Gasteiger partial charge in [-0.3, -0.25) is 25.0 Å². The maximum absolute atomic E-state index is 12.2. The summed E-state index contributed by atoms with van der Waals surface area (Å²) in [5, 5.41) is 24.2. The zero-order valence-electron chi connectivity index (χ0n) is 13.9. The molecular weight excluding hydrogens is 346 g/mol. The molecule has 10 heteroatoms. The van der Waals surface area contributed by atoms with E-state index in [-0.39, 0.29) is 5.69 Å². The molecule has 0 bridgehead atoms. The average molecular weight is 361 g/mol. The van der Waals surface area contributed by atoms with E-state index in [1.54, 1.807) is 24.3 Å². The van der Waals surface area contributed by atoms with E-state index < -0.39 is 33.2 Å². The summed E-state index contributed by atoms with van der Waals surface area (Å²) < 4.78 is 10.5. The zero-order valence-corrected chi connectivity index (χ0v) is 13.9. The van der Waals surface area contributed by atoms with Crippen LogP contribution in [0.2, 0.25) is 0 Å². The molecule has 0 aliphatic carbocycles. The number of amides is 1. The van der Waals surface area contributed by atoms with Crippen LogP contribution in [0.1, 0.15) is 6.92 Å². The Kier molecular flexibility index (Phi) is 5.68. The lowest BCUT2D eigenvalue weighted by Crippen LogP contribution is -2.30. The first-order valence-electron chi connectivity index (χ1n) is 7.36. The first-order chi connectivity index (χ1) is 12.3. The molecule has 2 aromatic carbocycles. The number of nitrogens with one attached hydrogen (secondary N) is 1. The van der Waals surface area contributed by atoms with Crippen molar-refractivity contribution in [2.75, 3.05) is 12.4 Å². The van der Waals surface area contributed by atoms with Crippen LogP contribution >= 0.6 is 0 Å². The van der Waals surface area contributed by atoms with E-state index in [0.717, 1.165) is 18.2 Å². The van der Waals surface area contributed by atoms with Gasteiger partial charge in [0.25, 0.3) is 17.3 Å². The highest BCUT2D eigenvalue weighted by Gasteiger charge is 2.23. The van der Waals surface area contributed by atoms with Crippen LogP contribution in [0.5, 0.6) is 11.5 Å². The van der Waals surface area contributed by atoms with Crippen molar-refractivity contribution in [3.63, 3.8) is 0 Å². The molecule has 0 fully saturated rings. The summed E-state index contributed by atoms with van der Waals surface area (Å²) in [5.74, 6) is 0.389. The molecule has 0 aliphatic heterocycles. The van der Waals surface area contributed by atoms with Gasteiger partial charge in [0.1, 0.15) is 17.2 Å². The third-order valence-corrected chi connectivity index (χ3v) is 3.39. The van der Waals surface area contributed by atoms with Crippen LogP contribution < -0.4 is 14.8 Å². The van der Waals surface area contributed by atoms with E-state index in [0.29, 0.717) is 11.5 Å². The fraction of sp³-hybridized carbons (Fsp3) is 0.188. The molecule has 0 aliphatic rings. The number of ether oxygens (including phenoxy) is 2. The van der Waals surface area contributed by atoms with E-state index in [1.807, 2.05) is 0 Å². The number of carbonyl (C=O) groups is 1. The van der Waals surface area contributed by atoms with Gasteiger partial charge in [-0.15, -0.1) is 0 Å². The number of rotatable bonds is 7. The summed E-state index contributed by atoms with van der Waals surface area (Å²) in [4.78, 5) is 32.5. The number of anilines is 1. The van der Waals surface area contributed by atoms with Crippen LogP contribution in [-0.4, -0.2) is 29.0 Å². The van der Waals surface area contributed by atoms with Crippen LogP contribution in [-0.2, 0) is 4.79 Å². The molecular formula is C16H15N3O7. The van der Waals surface area contributed by atoms with Crippen LogP contribution in [0.15, 0.2) is 42.5 Å². The van der Waals surface area contributed by atoms with Gasteiger partial charge in [0.05, 0.1) is 23.0 Å². The zero-order chi connectivity index (χ0) is 19.3. The van der Waals surface area contributed by atoms with E-state index in [2.05, 4.69) is 5.32 Å². The minimum Gasteiger partial charge on any atom is -0.497 e. The monoisotopic (exact) mass is 361 g/mol. The second-order valence-electron chi connectivity index (χ2n) is 5.14. The predicted octanol–water partition coefficient (Wildman–Crippen LogP) is 2.92. The molecule has 0 radical (unpaired) electrons. The molecule has 1 atom stereocenters. The number of nitro benzene ring substituents is 2. The fourth-order valence-corrected chi connectivity index (χ4v) is 2.04. The topological polar surface area (TPSA) is 134 Å². The Labute approximate surface area is 147 Å². The van der Waals surface area contributed by atoms with Crippen molar-refractivity contribution in [2.45, 2.75) is 13.0 Å². The van der Waals surface area contributed by atoms with Gasteiger partial charge in [0.2, 0.25) is 0 Å². The van der Waals surface area contributed by atoms with Gasteiger partial charge in [-0.05, 0) is 37.3 Å². The first-order valence-corrected chi connectivity index (χ1v) is 7.36. The third kappa shape index (κ3) is 4.44. The van der Waals surface area contributed by atoms with E-state index in [1.165, 1.54) is 14.0 Å². The summed E-state index contributed by atoms with van der Waals surface area (Å²) in [6, 6.07) is 9.48. The second kappa shape index (κ2) is 7.92. The molecule has 1 unspecified atom stereocenters. The fourth-order valence-electron chi connectivity index (χ4n) is 2.04. The Morgan fingerprint density at radius 2 is 1.65 bits per heavy atom. The van der Waals surface area contributed by atoms with Gasteiger partial charge in [-0.25, -0.2) is 0 Å². The van der Waals surface area contributed by atoms with Crippen molar-refractivity contribution >= 4 is 23.0 Å². The molecule has 1 amide bonds. The van der Waals surface area contributed by atoms with Crippen molar-refractivity contribution < 1.29 is 24.1 Å². The van der Waals surface area contributed by atoms with Crippen LogP contribution in [0.3, 0.4) is 0 Å². The smallest absolute Gasteiger partial charge is 0.299 e. The normalized spacial score (nSPS) is 11.3. The summed E-state index contributed by atoms with van der Waals surface area (Å²) >= 11 is 0. The summed E-state index contributed by atoms with van der Waals surface area (Å²) in [7, 11) is 1.52. The van der Waals surface area contributed by atoms with Gasteiger partial charge in [-0.1, -0.05) is 0 Å². The van der Waals surface area contributed by atoms with Gasteiger partial charge in [0, 0.05) is 6.07 Å². The number of hydrogen-bond acceptors (Lipinski definition) is 7. The number of benzene rings is 2. The van der Waals surface area contributed by atoms with Crippen molar-refractivity contribution in [2.24, 2.45) is 0 Å². The van der Waals surface area contributed by atoms with Crippen LogP contribution in [0.25, 0.3) is 0 Å². The van der Waals surface area contributed by atoms with Gasteiger partial charge in [0.15, 0.2) is 6.10 Å². The van der Waals surface area contributed by atoms with Gasteiger partial charge >= 0.3 is 0 Å². The second-order valence-corrected chi connectivity index (χ2v) is 5.14. The van der Waals surface area contributed by atoms with E-state index >= 15 is 0 Å². The van der Waals surface area contributed by atoms with Gasteiger partial charge in [-0.2, -0.15) is 0 Å². The van der Waals surface area contributed by atoms with Crippen molar-refractivity contribution in [1.29, 1.82) is 0 Å². The first kappa shape index (κ1) is 18.6. The molecule has 1 N–H and O–H groups in total. The summed E-state index contributed by atoms with van der Waals surface area (Å²) in [5.41, 5.74) is -1.18. The quantitative estimate of drug-likeness (QED) is 0.592. The lowest BCUT2D eigenvalue weighted by Gasteiger charge is -2.15. The minimum absolute atomic E-state index is 0.157. The number of carbonyl (C=O) groups excluding carboxylic acids is 1. The minimum atomic E-state index is -0.960. The molecule has 0 saturated heterocycles.